The molecule has 2 aromatic rings. The third-order valence-corrected chi connectivity index (χ3v) is 3.24. The van der Waals surface area contributed by atoms with Crippen molar-refractivity contribution in [3.05, 3.63) is 47.0 Å². The Morgan fingerprint density at radius 2 is 2.14 bits per heavy atom. The SMILES string of the molecule is CCNC(=NCc1cnn(C)c1)NCCc1ccc(Cl)nc1. The number of halogens is 1. The lowest BCUT2D eigenvalue weighted by Crippen LogP contribution is -2.38. The summed E-state index contributed by atoms with van der Waals surface area (Å²) < 4.78 is 1.78. The largest absolute Gasteiger partial charge is 0.357 e. The molecule has 7 heteroatoms. The Kier molecular flexibility index (Phi) is 6.21. The molecule has 0 saturated carbocycles. The Labute approximate surface area is 135 Å². The zero-order valence-electron chi connectivity index (χ0n) is 12.9. The summed E-state index contributed by atoms with van der Waals surface area (Å²) >= 11 is 5.78. The highest BCUT2D eigenvalue weighted by Crippen LogP contribution is 2.05. The van der Waals surface area contributed by atoms with E-state index in [0.717, 1.165) is 36.6 Å². The summed E-state index contributed by atoms with van der Waals surface area (Å²) in [6.07, 6.45) is 6.45. The number of pyridine rings is 1. The van der Waals surface area contributed by atoms with Crippen LogP contribution >= 0.6 is 11.6 Å². The molecule has 0 amide bonds. The minimum absolute atomic E-state index is 0.517. The molecule has 0 aliphatic rings. The molecule has 0 fully saturated rings. The molecular weight excluding hydrogens is 300 g/mol. The first-order chi connectivity index (χ1) is 10.7. The van der Waals surface area contributed by atoms with E-state index in [0.29, 0.717) is 11.7 Å². The van der Waals surface area contributed by atoms with Crippen LogP contribution in [0.5, 0.6) is 0 Å². The van der Waals surface area contributed by atoms with Crippen molar-refractivity contribution in [2.75, 3.05) is 13.1 Å². The molecule has 2 heterocycles. The summed E-state index contributed by atoms with van der Waals surface area (Å²) in [4.78, 5) is 8.62. The zero-order chi connectivity index (χ0) is 15.8. The van der Waals surface area contributed by atoms with Crippen molar-refractivity contribution in [2.45, 2.75) is 19.9 Å². The van der Waals surface area contributed by atoms with Gasteiger partial charge in [-0.05, 0) is 25.0 Å². The number of hydrogen-bond donors (Lipinski definition) is 2. The first-order valence-electron chi connectivity index (χ1n) is 7.27. The predicted octanol–water partition coefficient (Wildman–Crippen LogP) is 1.77. The van der Waals surface area contributed by atoms with Gasteiger partial charge < -0.3 is 10.6 Å². The molecule has 0 unspecified atom stereocenters. The number of aryl methyl sites for hydroxylation is 1. The summed E-state index contributed by atoms with van der Waals surface area (Å²) in [6, 6.07) is 3.79. The highest BCUT2D eigenvalue weighted by Gasteiger charge is 2.00. The van der Waals surface area contributed by atoms with E-state index in [-0.39, 0.29) is 0 Å². The standard InChI is InChI=1S/C15H21ClN6/c1-3-17-15(20-9-13-10-21-22(2)11-13)18-7-6-12-4-5-14(16)19-8-12/h4-5,8,10-11H,3,6-7,9H2,1-2H3,(H2,17,18,20). The van der Waals surface area contributed by atoms with E-state index >= 15 is 0 Å². The van der Waals surface area contributed by atoms with Gasteiger partial charge in [0.05, 0.1) is 12.7 Å². The van der Waals surface area contributed by atoms with Gasteiger partial charge in [-0.1, -0.05) is 17.7 Å². The molecule has 0 radical (unpaired) electrons. The quantitative estimate of drug-likeness (QED) is 0.483. The fourth-order valence-electron chi connectivity index (χ4n) is 1.95. The first-order valence-corrected chi connectivity index (χ1v) is 7.65. The Bertz CT molecular complexity index is 605. The monoisotopic (exact) mass is 320 g/mol. The lowest BCUT2D eigenvalue weighted by atomic mass is 10.2. The predicted molar refractivity (Wildman–Crippen MR) is 89.0 cm³/mol. The van der Waals surface area contributed by atoms with Crippen molar-refractivity contribution in [3.8, 4) is 0 Å². The van der Waals surface area contributed by atoms with E-state index in [4.69, 9.17) is 11.6 Å². The van der Waals surface area contributed by atoms with Crippen LogP contribution in [0.15, 0.2) is 35.7 Å². The minimum atomic E-state index is 0.517. The lowest BCUT2D eigenvalue weighted by Gasteiger charge is -2.11. The van der Waals surface area contributed by atoms with Crippen LogP contribution in [0.1, 0.15) is 18.1 Å². The number of aromatic nitrogens is 3. The van der Waals surface area contributed by atoms with E-state index in [1.165, 1.54) is 0 Å². The summed E-state index contributed by atoms with van der Waals surface area (Å²) in [6.45, 7) is 4.25. The number of rotatable bonds is 6. The normalized spacial score (nSPS) is 11.5. The topological polar surface area (TPSA) is 67.1 Å². The molecule has 0 aromatic carbocycles. The van der Waals surface area contributed by atoms with Gasteiger partial charge in [0, 0.05) is 38.1 Å². The van der Waals surface area contributed by atoms with E-state index < -0.39 is 0 Å². The van der Waals surface area contributed by atoms with Gasteiger partial charge in [-0.25, -0.2) is 9.98 Å². The van der Waals surface area contributed by atoms with Crippen LogP contribution in [0.3, 0.4) is 0 Å². The highest BCUT2D eigenvalue weighted by atomic mass is 35.5. The van der Waals surface area contributed by atoms with Crippen LogP contribution < -0.4 is 10.6 Å². The molecular formula is C15H21ClN6. The van der Waals surface area contributed by atoms with Crippen LogP contribution in [-0.2, 0) is 20.0 Å². The van der Waals surface area contributed by atoms with Crippen molar-refractivity contribution in [1.29, 1.82) is 0 Å². The maximum atomic E-state index is 5.78. The molecule has 0 atom stereocenters. The van der Waals surface area contributed by atoms with Gasteiger partial charge in [0.25, 0.3) is 0 Å². The van der Waals surface area contributed by atoms with Crippen molar-refractivity contribution in [1.82, 2.24) is 25.4 Å². The number of hydrogen-bond acceptors (Lipinski definition) is 3. The molecule has 2 N–H and O–H groups in total. The van der Waals surface area contributed by atoms with Crippen LogP contribution in [-0.4, -0.2) is 33.8 Å². The molecule has 0 saturated heterocycles. The zero-order valence-corrected chi connectivity index (χ0v) is 13.6. The fraction of sp³-hybridized carbons (Fsp3) is 0.400. The third kappa shape index (κ3) is 5.37. The van der Waals surface area contributed by atoms with Crippen molar-refractivity contribution in [3.63, 3.8) is 0 Å². The second-order valence-corrected chi connectivity index (χ2v) is 5.27. The summed E-state index contributed by atoms with van der Waals surface area (Å²) in [7, 11) is 1.90. The highest BCUT2D eigenvalue weighted by molar-refractivity contribution is 6.29. The maximum Gasteiger partial charge on any atom is 0.191 e. The number of nitrogens with zero attached hydrogens (tertiary/aromatic N) is 4. The van der Waals surface area contributed by atoms with Crippen molar-refractivity contribution in [2.24, 2.45) is 12.0 Å². The van der Waals surface area contributed by atoms with E-state index in [2.05, 4.69) is 25.7 Å². The minimum Gasteiger partial charge on any atom is -0.357 e. The number of nitrogens with one attached hydrogen (secondary N) is 2. The first kappa shape index (κ1) is 16.3. The Balaban J connectivity index is 1.84. The average molecular weight is 321 g/mol. The van der Waals surface area contributed by atoms with Gasteiger partial charge in [0.15, 0.2) is 5.96 Å². The van der Waals surface area contributed by atoms with Crippen LogP contribution in [0.25, 0.3) is 0 Å². The van der Waals surface area contributed by atoms with Gasteiger partial charge in [-0.2, -0.15) is 5.10 Å². The Hall–Kier alpha value is -2.08. The van der Waals surface area contributed by atoms with Crippen molar-refractivity contribution < 1.29 is 0 Å². The molecule has 0 spiro atoms. The molecule has 6 nitrogen and oxygen atoms in total. The van der Waals surface area contributed by atoms with Gasteiger partial charge in [-0.15, -0.1) is 0 Å². The molecule has 118 valence electrons. The Morgan fingerprint density at radius 3 is 2.77 bits per heavy atom. The summed E-state index contributed by atoms with van der Waals surface area (Å²) in [5, 5.41) is 11.2. The van der Waals surface area contributed by atoms with Crippen LogP contribution in [0.4, 0.5) is 0 Å². The van der Waals surface area contributed by atoms with E-state index in [1.807, 2.05) is 32.4 Å². The molecule has 0 aliphatic carbocycles. The van der Waals surface area contributed by atoms with Gasteiger partial charge >= 0.3 is 0 Å². The lowest BCUT2D eigenvalue weighted by molar-refractivity contribution is 0.766. The molecule has 0 bridgehead atoms. The van der Waals surface area contributed by atoms with Crippen molar-refractivity contribution >= 4 is 17.6 Å². The molecule has 2 rings (SSSR count). The van der Waals surface area contributed by atoms with Gasteiger partial charge in [-0.3, -0.25) is 4.68 Å². The second-order valence-electron chi connectivity index (χ2n) is 4.88. The third-order valence-electron chi connectivity index (χ3n) is 3.02. The van der Waals surface area contributed by atoms with Crippen LogP contribution in [0, 0.1) is 0 Å². The molecule has 0 aliphatic heterocycles. The smallest absolute Gasteiger partial charge is 0.191 e. The number of guanidine groups is 1. The second kappa shape index (κ2) is 8.38. The van der Waals surface area contributed by atoms with E-state index in [9.17, 15) is 0 Å². The van der Waals surface area contributed by atoms with Crippen LogP contribution in [0.2, 0.25) is 5.15 Å². The van der Waals surface area contributed by atoms with E-state index in [1.54, 1.807) is 16.9 Å². The fourth-order valence-corrected chi connectivity index (χ4v) is 2.06. The Morgan fingerprint density at radius 1 is 1.27 bits per heavy atom. The maximum absolute atomic E-state index is 5.78. The van der Waals surface area contributed by atoms with Gasteiger partial charge in [0.2, 0.25) is 0 Å². The number of aliphatic imine (C=N–C) groups is 1. The van der Waals surface area contributed by atoms with Gasteiger partial charge in [0.1, 0.15) is 5.15 Å². The molecule has 22 heavy (non-hydrogen) atoms. The summed E-state index contributed by atoms with van der Waals surface area (Å²) in [5.74, 6) is 0.799. The average Bonchev–Trinajstić information content (AvgIpc) is 2.92. The molecule has 2 aromatic heterocycles. The summed E-state index contributed by atoms with van der Waals surface area (Å²) in [5.41, 5.74) is 2.22.